The van der Waals surface area contributed by atoms with Crippen molar-refractivity contribution in [2.24, 2.45) is 5.41 Å². The Bertz CT molecular complexity index is 138. The van der Waals surface area contributed by atoms with Crippen LogP contribution in [0.15, 0.2) is 0 Å². The van der Waals surface area contributed by atoms with Crippen molar-refractivity contribution in [1.29, 1.82) is 0 Å². The fourth-order valence-electron chi connectivity index (χ4n) is 1.76. The van der Waals surface area contributed by atoms with Crippen LogP contribution in [0.4, 0.5) is 0 Å². The molecule has 0 aliphatic heterocycles. The summed E-state index contributed by atoms with van der Waals surface area (Å²) in [5, 5.41) is 0. The molecule has 1 aliphatic rings. The molecule has 66 valence electrons. The van der Waals surface area contributed by atoms with Gasteiger partial charge in [-0.15, -0.1) is 0 Å². The first kappa shape index (κ1) is 9.27. The minimum Gasteiger partial charge on any atom is -0.415 e. The fourth-order valence-corrected chi connectivity index (χ4v) is 2.92. The Morgan fingerprint density at radius 1 is 1.18 bits per heavy atom. The number of rotatable bonds is 2. The van der Waals surface area contributed by atoms with Gasteiger partial charge < -0.3 is 4.43 Å². The smallest absolute Gasteiger partial charge is 0.184 e. The Kier molecular flexibility index (Phi) is 2.19. The average molecular weight is 172 g/mol. The topological polar surface area (TPSA) is 9.23 Å². The molecule has 1 nitrogen and oxygen atoms in total. The molecule has 0 unspecified atom stereocenters. The molecule has 2 heteroatoms. The minimum absolute atomic E-state index is 0.560. The third-order valence-electron chi connectivity index (χ3n) is 2.08. The van der Waals surface area contributed by atoms with Crippen LogP contribution in [0.3, 0.4) is 0 Å². The monoisotopic (exact) mass is 172 g/mol. The van der Waals surface area contributed by atoms with Gasteiger partial charge in [0.15, 0.2) is 8.32 Å². The van der Waals surface area contributed by atoms with Crippen LogP contribution in [0.25, 0.3) is 0 Å². The van der Waals surface area contributed by atoms with E-state index in [4.69, 9.17) is 4.43 Å². The molecule has 1 aliphatic carbocycles. The summed E-state index contributed by atoms with van der Waals surface area (Å²) in [6.45, 7) is 11.4. The number of hydrogen-bond donors (Lipinski definition) is 0. The molecule has 0 aromatic heterocycles. The Hall–Kier alpha value is 0.177. The average Bonchev–Trinajstić information content (AvgIpc) is 1.53. The van der Waals surface area contributed by atoms with Crippen LogP contribution < -0.4 is 0 Å². The summed E-state index contributed by atoms with van der Waals surface area (Å²) >= 11 is 0. The Labute approximate surface area is 71.3 Å². The van der Waals surface area contributed by atoms with Crippen LogP contribution in [0.1, 0.15) is 26.7 Å². The first-order valence-electron chi connectivity index (χ1n) is 4.46. The van der Waals surface area contributed by atoms with Crippen LogP contribution in [0.2, 0.25) is 19.6 Å². The molecule has 0 heterocycles. The maximum Gasteiger partial charge on any atom is 0.184 e. The molecule has 0 saturated heterocycles. The molecule has 0 atom stereocenters. The largest absolute Gasteiger partial charge is 0.415 e. The van der Waals surface area contributed by atoms with Gasteiger partial charge in [-0.05, 0) is 37.9 Å². The lowest BCUT2D eigenvalue weighted by molar-refractivity contribution is 0.00521. The van der Waals surface area contributed by atoms with Gasteiger partial charge in [-0.25, -0.2) is 0 Å². The summed E-state index contributed by atoms with van der Waals surface area (Å²) in [5.74, 6) is 0. The molecule has 0 amide bonds. The van der Waals surface area contributed by atoms with Crippen molar-refractivity contribution in [3.63, 3.8) is 0 Å². The second-order valence-electron chi connectivity index (χ2n) is 5.42. The molecule has 0 N–H and O–H groups in total. The van der Waals surface area contributed by atoms with Crippen LogP contribution >= 0.6 is 0 Å². The summed E-state index contributed by atoms with van der Waals surface area (Å²) in [7, 11) is -1.25. The van der Waals surface area contributed by atoms with E-state index >= 15 is 0 Å². The van der Waals surface area contributed by atoms with Gasteiger partial charge in [0.2, 0.25) is 0 Å². The van der Waals surface area contributed by atoms with Crippen LogP contribution in [0.5, 0.6) is 0 Å². The summed E-state index contributed by atoms with van der Waals surface area (Å²) in [6, 6.07) is 0. The van der Waals surface area contributed by atoms with E-state index in [1.54, 1.807) is 0 Å². The van der Waals surface area contributed by atoms with Gasteiger partial charge in [0.25, 0.3) is 0 Å². The molecule has 1 saturated carbocycles. The van der Waals surface area contributed by atoms with Crippen molar-refractivity contribution in [3.8, 4) is 0 Å². The Morgan fingerprint density at radius 3 is 1.91 bits per heavy atom. The van der Waals surface area contributed by atoms with Crippen LogP contribution in [-0.4, -0.2) is 14.4 Å². The second-order valence-corrected chi connectivity index (χ2v) is 9.89. The first-order valence-corrected chi connectivity index (χ1v) is 7.87. The highest BCUT2D eigenvalue weighted by atomic mass is 28.4. The van der Waals surface area contributed by atoms with Crippen molar-refractivity contribution in [2.75, 3.05) is 0 Å². The fraction of sp³-hybridized carbons (Fsp3) is 1.00. The molecule has 1 rings (SSSR count). The lowest BCUT2D eigenvalue weighted by Gasteiger charge is -2.45. The molecular weight excluding hydrogens is 152 g/mol. The molecule has 11 heavy (non-hydrogen) atoms. The Morgan fingerprint density at radius 2 is 1.64 bits per heavy atom. The van der Waals surface area contributed by atoms with Crippen molar-refractivity contribution < 1.29 is 4.43 Å². The van der Waals surface area contributed by atoms with E-state index in [0.717, 1.165) is 0 Å². The van der Waals surface area contributed by atoms with Crippen molar-refractivity contribution in [2.45, 2.75) is 52.4 Å². The highest BCUT2D eigenvalue weighted by Gasteiger charge is 2.38. The van der Waals surface area contributed by atoms with Gasteiger partial charge >= 0.3 is 0 Å². The molecule has 0 radical (unpaired) electrons. The molecular formula is C9H20OSi. The summed E-state index contributed by atoms with van der Waals surface area (Å²) < 4.78 is 5.95. The van der Waals surface area contributed by atoms with Gasteiger partial charge in [-0.3, -0.25) is 0 Å². The van der Waals surface area contributed by atoms with E-state index in [1.165, 1.54) is 12.8 Å². The van der Waals surface area contributed by atoms with E-state index in [1.807, 2.05) is 0 Å². The lowest BCUT2D eigenvalue weighted by Crippen LogP contribution is -2.43. The summed E-state index contributed by atoms with van der Waals surface area (Å²) in [4.78, 5) is 0. The van der Waals surface area contributed by atoms with Crippen molar-refractivity contribution in [3.05, 3.63) is 0 Å². The van der Waals surface area contributed by atoms with Crippen LogP contribution in [0, 0.1) is 5.41 Å². The van der Waals surface area contributed by atoms with Gasteiger partial charge in [-0.1, -0.05) is 13.8 Å². The van der Waals surface area contributed by atoms with Gasteiger partial charge in [0.05, 0.1) is 0 Å². The minimum atomic E-state index is -1.25. The third-order valence-corrected chi connectivity index (χ3v) is 3.12. The summed E-state index contributed by atoms with van der Waals surface area (Å²) in [6.07, 6.45) is 3.10. The summed E-state index contributed by atoms with van der Waals surface area (Å²) in [5.41, 5.74) is 0.560. The molecule has 0 aromatic carbocycles. The van der Waals surface area contributed by atoms with Gasteiger partial charge in [0, 0.05) is 6.10 Å². The SMILES string of the molecule is CC1(C)CC(O[Si](C)(C)C)C1. The highest BCUT2D eigenvalue weighted by Crippen LogP contribution is 2.42. The van der Waals surface area contributed by atoms with E-state index in [9.17, 15) is 0 Å². The molecule has 0 aromatic rings. The number of hydrogen-bond acceptors (Lipinski definition) is 1. The maximum absolute atomic E-state index is 5.95. The van der Waals surface area contributed by atoms with Crippen molar-refractivity contribution in [1.82, 2.24) is 0 Å². The molecule has 1 fully saturated rings. The van der Waals surface area contributed by atoms with Crippen LogP contribution in [-0.2, 0) is 4.43 Å². The van der Waals surface area contributed by atoms with E-state index in [2.05, 4.69) is 33.5 Å². The van der Waals surface area contributed by atoms with E-state index < -0.39 is 8.32 Å². The zero-order valence-electron chi connectivity index (χ0n) is 8.40. The normalized spacial score (nSPS) is 24.8. The third kappa shape index (κ3) is 2.95. The van der Waals surface area contributed by atoms with Gasteiger partial charge in [-0.2, -0.15) is 0 Å². The van der Waals surface area contributed by atoms with E-state index in [0.29, 0.717) is 11.5 Å². The molecule has 0 bridgehead atoms. The molecule has 0 spiro atoms. The lowest BCUT2D eigenvalue weighted by atomic mass is 9.70. The predicted molar refractivity (Wildman–Crippen MR) is 51.2 cm³/mol. The van der Waals surface area contributed by atoms with E-state index in [-0.39, 0.29) is 0 Å². The first-order chi connectivity index (χ1) is 4.79. The quantitative estimate of drug-likeness (QED) is 0.582. The van der Waals surface area contributed by atoms with Gasteiger partial charge in [0.1, 0.15) is 0 Å². The predicted octanol–water partition coefficient (Wildman–Crippen LogP) is 3.03. The Balaban J connectivity index is 2.24. The maximum atomic E-state index is 5.95. The standard InChI is InChI=1S/C9H20OSi/c1-9(2)6-8(7-9)10-11(3,4)5/h8H,6-7H2,1-5H3. The zero-order valence-corrected chi connectivity index (χ0v) is 9.40. The zero-order chi connectivity index (χ0) is 8.70. The highest BCUT2D eigenvalue weighted by molar-refractivity contribution is 6.69. The van der Waals surface area contributed by atoms with Crippen molar-refractivity contribution >= 4 is 8.32 Å². The second kappa shape index (κ2) is 2.59.